The lowest BCUT2D eigenvalue weighted by Gasteiger charge is -2.29. The van der Waals surface area contributed by atoms with Crippen LogP contribution in [0.1, 0.15) is 24.4 Å². The standard InChI is InChI=1S/C13H19FN2O/c1-17-12-5-4-10(14)7-11(12)13(15)9-3-2-6-16-8-9/h4-5,7,9,13,16H,2-3,6,8,15H2,1H3. The number of nitrogens with one attached hydrogen (secondary N) is 1. The number of benzene rings is 1. The zero-order valence-corrected chi connectivity index (χ0v) is 10.1. The van der Waals surface area contributed by atoms with Crippen molar-refractivity contribution in [1.29, 1.82) is 0 Å². The van der Waals surface area contributed by atoms with Gasteiger partial charge in [-0.05, 0) is 50.0 Å². The van der Waals surface area contributed by atoms with Crippen molar-refractivity contribution in [2.24, 2.45) is 11.7 Å². The molecular weight excluding hydrogens is 219 g/mol. The van der Waals surface area contributed by atoms with E-state index in [2.05, 4.69) is 5.32 Å². The van der Waals surface area contributed by atoms with E-state index in [9.17, 15) is 4.39 Å². The van der Waals surface area contributed by atoms with E-state index in [-0.39, 0.29) is 11.9 Å². The van der Waals surface area contributed by atoms with Gasteiger partial charge in [-0.25, -0.2) is 4.39 Å². The molecule has 1 aromatic carbocycles. The first-order valence-corrected chi connectivity index (χ1v) is 6.02. The van der Waals surface area contributed by atoms with Gasteiger partial charge in [0.15, 0.2) is 0 Å². The van der Waals surface area contributed by atoms with E-state index in [1.54, 1.807) is 13.2 Å². The van der Waals surface area contributed by atoms with Gasteiger partial charge in [0.1, 0.15) is 11.6 Å². The summed E-state index contributed by atoms with van der Waals surface area (Å²) in [5, 5.41) is 3.32. The van der Waals surface area contributed by atoms with Crippen LogP contribution in [-0.4, -0.2) is 20.2 Å². The number of piperidine rings is 1. The third-order valence-corrected chi connectivity index (χ3v) is 3.39. The Balaban J connectivity index is 2.21. The lowest BCUT2D eigenvalue weighted by Crippen LogP contribution is -2.36. The molecule has 2 atom stereocenters. The zero-order chi connectivity index (χ0) is 12.3. The predicted molar refractivity (Wildman–Crippen MR) is 65.5 cm³/mol. The van der Waals surface area contributed by atoms with E-state index < -0.39 is 0 Å². The van der Waals surface area contributed by atoms with Crippen LogP contribution in [0, 0.1) is 11.7 Å². The number of nitrogens with two attached hydrogens (primary N) is 1. The number of rotatable bonds is 3. The summed E-state index contributed by atoms with van der Waals surface area (Å²) in [5.74, 6) is 0.754. The molecule has 0 aromatic heterocycles. The second-order valence-corrected chi connectivity index (χ2v) is 4.52. The second kappa shape index (κ2) is 5.47. The maximum absolute atomic E-state index is 13.3. The van der Waals surface area contributed by atoms with Gasteiger partial charge in [-0.1, -0.05) is 0 Å². The minimum absolute atomic E-state index is 0.173. The van der Waals surface area contributed by atoms with Crippen molar-refractivity contribution >= 4 is 0 Å². The second-order valence-electron chi connectivity index (χ2n) is 4.52. The van der Waals surface area contributed by atoms with Crippen molar-refractivity contribution in [3.8, 4) is 5.75 Å². The molecule has 17 heavy (non-hydrogen) atoms. The van der Waals surface area contributed by atoms with Gasteiger partial charge < -0.3 is 15.8 Å². The maximum atomic E-state index is 13.3. The Labute approximate surface area is 101 Å². The van der Waals surface area contributed by atoms with Gasteiger partial charge in [-0.2, -0.15) is 0 Å². The highest BCUT2D eigenvalue weighted by molar-refractivity contribution is 5.36. The highest BCUT2D eigenvalue weighted by Gasteiger charge is 2.24. The van der Waals surface area contributed by atoms with Crippen LogP contribution in [0.3, 0.4) is 0 Å². The van der Waals surface area contributed by atoms with E-state index in [0.717, 1.165) is 31.5 Å². The molecule has 1 aliphatic rings. The number of ether oxygens (including phenoxy) is 1. The molecular formula is C13H19FN2O. The van der Waals surface area contributed by atoms with Crippen LogP contribution in [0.15, 0.2) is 18.2 Å². The molecule has 2 rings (SSSR count). The van der Waals surface area contributed by atoms with Crippen LogP contribution in [-0.2, 0) is 0 Å². The molecule has 0 spiro atoms. The van der Waals surface area contributed by atoms with Crippen LogP contribution in [0.5, 0.6) is 5.75 Å². The molecule has 1 heterocycles. The first-order valence-electron chi connectivity index (χ1n) is 6.02. The van der Waals surface area contributed by atoms with Crippen LogP contribution < -0.4 is 15.8 Å². The van der Waals surface area contributed by atoms with Crippen LogP contribution >= 0.6 is 0 Å². The van der Waals surface area contributed by atoms with Crippen molar-refractivity contribution in [2.45, 2.75) is 18.9 Å². The average Bonchev–Trinajstić information content (AvgIpc) is 2.39. The Bertz CT molecular complexity index is 378. The fraction of sp³-hybridized carbons (Fsp3) is 0.538. The molecule has 3 N–H and O–H groups in total. The van der Waals surface area contributed by atoms with Crippen molar-refractivity contribution in [3.05, 3.63) is 29.6 Å². The molecule has 3 nitrogen and oxygen atoms in total. The summed E-state index contributed by atoms with van der Waals surface area (Å²) >= 11 is 0. The quantitative estimate of drug-likeness (QED) is 0.844. The topological polar surface area (TPSA) is 47.3 Å². The number of halogens is 1. The molecule has 0 aliphatic carbocycles. The van der Waals surface area contributed by atoms with Crippen molar-refractivity contribution < 1.29 is 9.13 Å². The van der Waals surface area contributed by atoms with Crippen molar-refractivity contribution in [1.82, 2.24) is 5.32 Å². The smallest absolute Gasteiger partial charge is 0.123 e. The van der Waals surface area contributed by atoms with E-state index in [0.29, 0.717) is 11.7 Å². The fourth-order valence-corrected chi connectivity index (χ4v) is 2.40. The van der Waals surface area contributed by atoms with Gasteiger partial charge in [0, 0.05) is 11.6 Å². The van der Waals surface area contributed by atoms with Crippen LogP contribution in [0.2, 0.25) is 0 Å². The Morgan fingerprint density at radius 3 is 3.00 bits per heavy atom. The van der Waals surface area contributed by atoms with Gasteiger partial charge in [0.2, 0.25) is 0 Å². The molecule has 0 amide bonds. The largest absolute Gasteiger partial charge is 0.496 e. The maximum Gasteiger partial charge on any atom is 0.123 e. The van der Waals surface area contributed by atoms with Gasteiger partial charge in [0.25, 0.3) is 0 Å². The summed E-state index contributed by atoms with van der Waals surface area (Å²) in [6.07, 6.45) is 2.20. The van der Waals surface area contributed by atoms with E-state index in [1.165, 1.54) is 12.1 Å². The molecule has 1 fully saturated rings. The minimum atomic E-state index is -0.264. The molecule has 0 bridgehead atoms. The predicted octanol–water partition coefficient (Wildman–Crippen LogP) is 1.83. The molecule has 0 radical (unpaired) electrons. The molecule has 1 aliphatic heterocycles. The highest BCUT2D eigenvalue weighted by atomic mass is 19.1. The first-order chi connectivity index (χ1) is 8.22. The first kappa shape index (κ1) is 12.3. The van der Waals surface area contributed by atoms with E-state index >= 15 is 0 Å². The Hall–Kier alpha value is -1.13. The van der Waals surface area contributed by atoms with Crippen molar-refractivity contribution in [2.75, 3.05) is 20.2 Å². The van der Waals surface area contributed by atoms with Crippen LogP contribution in [0.25, 0.3) is 0 Å². The summed E-state index contributed by atoms with van der Waals surface area (Å²) in [6.45, 7) is 1.93. The van der Waals surface area contributed by atoms with Gasteiger partial charge in [0.05, 0.1) is 7.11 Å². The monoisotopic (exact) mass is 238 g/mol. The van der Waals surface area contributed by atoms with E-state index in [1.807, 2.05) is 0 Å². The van der Waals surface area contributed by atoms with E-state index in [4.69, 9.17) is 10.5 Å². The Kier molecular flexibility index (Phi) is 3.97. The summed E-state index contributed by atoms with van der Waals surface area (Å²) in [7, 11) is 1.59. The third kappa shape index (κ3) is 2.76. The lowest BCUT2D eigenvalue weighted by atomic mass is 9.87. The Morgan fingerprint density at radius 2 is 2.35 bits per heavy atom. The molecule has 1 saturated heterocycles. The normalized spacial score (nSPS) is 22.2. The fourth-order valence-electron chi connectivity index (χ4n) is 2.40. The van der Waals surface area contributed by atoms with Gasteiger partial charge in [-0.15, -0.1) is 0 Å². The summed E-state index contributed by atoms with van der Waals surface area (Å²) < 4.78 is 18.5. The molecule has 2 unspecified atom stereocenters. The SMILES string of the molecule is COc1ccc(F)cc1C(N)C1CCCNC1. The average molecular weight is 238 g/mol. The van der Waals surface area contributed by atoms with Crippen LogP contribution in [0.4, 0.5) is 4.39 Å². The lowest BCUT2D eigenvalue weighted by molar-refractivity contribution is 0.316. The highest BCUT2D eigenvalue weighted by Crippen LogP contribution is 2.31. The molecule has 4 heteroatoms. The minimum Gasteiger partial charge on any atom is -0.496 e. The molecule has 0 saturated carbocycles. The number of methoxy groups -OCH3 is 1. The molecule has 1 aromatic rings. The zero-order valence-electron chi connectivity index (χ0n) is 10.1. The Morgan fingerprint density at radius 1 is 1.53 bits per heavy atom. The van der Waals surface area contributed by atoms with Crippen molar-refractivity contribution in [3.63, 3.8) is 0 Å². The molecule has 94 valence electrons. The third-order valence-electron chi connectivity index (χ3n) is 3.39. The summed E-state index contributed by atoms with van der Waals surface area (Å²) in [6, 6.07) is 4.35. The number of hydrogen-bond donors (Lipinski definition) is 2. The van der Waals surface area contributed by atoms with Gasteiger partial charge >= 0.3 is 0 Å². The summed E-state index contributed by atoms with van der Waals surface area (Å²) in [5.41, 5.74) is 6.99. The number of hydrogen-bond acceptors (Lipinski definition) is 3. The van der Waals surface area contributed by atoms with Gasteiger partial charge in [-0.3, -0.25) is 0 Å². The summed E-state index contributed by atoms with van der Waals surface area (Å²) in [4.78, 5) is 0.